The largest absolute Gasteiger partial charge is 0.490 e. The summed E-state index contributed by atoms with van der Waals surface area (Å²) in [5, 5.41) is 11.7. The van der Waals surface area contributed by atoms with Crippen LogP contribution in [-0.4, -0.2) is 29.3 Å². The van der Waals surface area contributed by atoms with E-state index in [1.807, 2.05) is 19.9 Å². The highest BCUT2D eigenvalue weighted by Gasteiger charge is 2.15. The summed E-state index contributed by atoms with van der Waals surface area (Å²) in [4.78, 5) is 12.3. The molecule has 2 rings (SSSR count). The molecule has 0 radical (unpaired) electrons. The van der Waals surface area contributed by atoms with Crippen LogP contribution >= 0.6 is 11.3 Å². The number of carbonyl (C=O) groups excluding carboxylic acids is 1. The van der Waals surface area contributed by atoms with Crippen LogP contribution in [-0.2, 0) is 11.3 Å². The van der Waals surface area contributed by atoms with Crippen LogP contribution in [0.1, 0.15) is 29.2 Å². The van der Waals surface area contributed by atoms with Gasteiger partial charge in [-0.2, -0.15) is 0 Å². The Morgan fingerprint density at radius 3 is 2.81 bits per heavy atom. The average Bonchev–Trinajstić information content (AvgIpc) is 2.86. The highest BCUT2D eigenvalue weighted by atomic mass is 32.1. The number of ether oxygens (including phenoxy) is 2. The number of aromatic nitrogens is 2. The number of hydrogen-bond donors (Lipinski definition) is 1. The highest BCUT2D eigenvalue weighted by molar-refractivity contribution is 7.15. The van der Waals surface area contributed by atoms with Crippen molar-refractivity contribution in [2.45, 2.75) is 26.6 Å². The maximum absolute atomic E-state index is 12.3. The van der Waals surface area contributed by atoms with Gasteiger partial charge in [0, 0.05) is 7.11 Å². The fourth-order valence-electron chi connectivity index (χ4n) is 1.66. The second kappa shape index (κ2) is 7.14. The zero-order valence-electron chi connectivity index (χ0n) is 12.1. The Hall–Kier alpha value is -1.99. The molecule has 0 aliphatic heterocycles. The third-order valence-electron chi connectivity index (χ3n) is 2.45. The van der Waals surface area contributed by atoms with Crippen molar-refractivity contribution in [2.24, 2.45) is 0 Å². The average molecular weight is 307 g/mol. The smallest absolute Gasteiger partial charge is 0.261 e. The quantitative estimate of drug-likeness (QED) is 0.888. The molecular formula is C14H17N3O3S. The number of hydrogen-bond acceptors (Lipinski definition) is 6. The second-order valence-corrected chi connectivity index (χ2v) is 5.61. The Kier molecular flexibility index (Phi) is 5.24. The lowest BCUT2D eigenvalue weighted by atomic mass is 10.2. The summed E-state index contributed by atoms with van der Waals surface area (Å²) in [5.41, 5.74) is 0.467. The molecule has 0 aliphatic rings. The van der Waals surface area contributed by atoms with Crippen LogP contribution in [0.25, 0.3) is 0 Å². The fraction of sp³-hybridized carbons (Fsp3) is 0.357. The molecule has 7 heteroatoms. The highest BCUT2D eigenvalue weighted by Crippen LogP contribution is 2.22. The number of nitrogens with zero attached hydrogens (tertiary/aromatic N) is 2. The molecule has 112 valence electrons. The van der Waals surface area contributed by atoms with E-state index in [1.54, 1.807) is 25.3 Å². The lowest BCUT2D eigenvalue weighted by molar-refractivity contribution is 0.102. The van der Waals surface area contributed by atoms with Gasteiger partial charge in [-0.3, -0.25) is 10.1 Å². The van der Waals surface area contributed by atoms with Gasteiger partial charge in [0.05, 0.1) is 11.7 Å². The molecule has 0 saturated heterocycles. The van der Waals surface area contributed by atoms with E-state index in [2.05, 4.69) is 15.5 Å². The molecule has 0 aliphatic carbocycles. The third-order valence-corrected chi connectivity index (χ3v) is 3.26. The number of benzene rings is 1. The molecule has 6 nitrogen and oxygen atoms in total. The van der Waals surface area contributed by atoms with Gasteiger partial charge < -0.3 is 9.47 Å². The van der Waals surface area contributed by atoms with E-state index >= 15 is 0 Å². The number of nitrogens with one attached hydrogen (secondary N) is 1. The molecule has 2 aromatic rings. The van der Waals surface area contributed by atoms with Crippen molar-refractivity contribution in [1.82, 2.24) is 10.2 Å². The molecule has 0 spiro atoms. The molecule has 21 heavy (non-hydrogen) atoms. The van der Waals surface area contributed by atoms with Crippen molar-refractivity contribution in [3.05, 3.63) is 34.8 Å². The van der Waals surface area contributed by atoms with E-state index in [1.165, 1.54) is 11.3 Å². The SMILES string of the molecule is COCc1nnc(NC(=O)c2ccccc2OC(C)C)s1. The van der Waals surface area contributed by atoms with E-state index in [0.717, 1.165) is 0 Å². The first-order valence-electron chi connectivity index (χ1n) is 6.48. The molecular weight excluding hydrogens is 290 g/mol. The van der Waals surface area contributed by atoms with Gasteiger partial charge in [-0.15, -0.1) is 10.2 Å². The van der Waals surface area contributed by atoms with Crippen LogP contribution in [0.15, 0.2) is 24.3 Å². The minimum Gasteiger partial charge on any atom is -0.490 e. The maximum atomic E-state index is 12.3. The minimum atomic E-state index is -0.272. The standard InChI is InChI=1S/C14H17N3O3S/c1-9(2)20-11-7-5-4-6-10(11)13(18)15-14-17-16-12(21-14)8-19-3/h4-7,9H,8H2,1-3H3,(H,15,17,18). The summed E-state index contributed by atoms with van der Waals surface area (Å²) in [6, 6.07) is 7.10. The van der Waals surface area contributed by atoms with Gasteiger partial charge in [0.25, 0.3) is 5.91 Å². The Morgan fingerprint density at radius 2 is 2.10 bits per heavy atom. The van der Waals surface area contributed by atoms with Crippen molar-refractivity contribution >= 4 is 22.4 Å². The van der Waals surface area contributed by atoms with E-state index in [4.69, 9.17) is 9.47 Å². The number of amides is 1. The van der Waals surface area contributed by atoms with Gasteiger partial charge in [-0.25, -0.2) is 0 Å². The minimum absolute atomic E-state index is 0.00575. The number of carbonyl (C=O) groups is 1. The molecule has 1 heterocycles. The van der Waals surface area contributed by atoms with Gasteiger partial charge in [-0.05, 0) is 26.0 Å². The molecule has 0 fully saturated rings. The van der Waals surface area contributed by atoms with Crippen molar-refractivity contribution < 1.29 is 14.3 Å². The van der Waals surface area contributed by atoms with E-state index in [0.29, 0.717) is 28.1 Å². The summed E-state index contributed by atoms with van der Waals surface area (Å²) < 4.78 is 10.6. The van der Waals surface area contributed by atoms with Crippen molar-refractivity contribution in [3.63, 3.8) is 0 Å². The van der Waals surface area contributed by atoms with Crippen LogP contribution < -0.4 is 10.1 Å². The molecule has 0 atom stereocenters. The topological polar surface area (TPSA) is 73.3 Å². The van der Waals surface area contributed by atoms with Crippen molar-refractivity contribution in [3.8, 4) is 5.75 Å². The summed E-state index contributed by atoms with van der Waals surface area (Å²) in [6.45, 7) is 4.20. The monoisotopic (exact) mass is 307 g/mol. The molecule has 1 amide bonds. The lowest BCUT2D eigenvalue weighted by Crippen LogP contribution is -2.15. The van der Waals surface area contributed by atoms with Gasteiger partial charge >= 0.3 is 0 Å². The maximum Gasteiger partial charge on any atom is 0.261 e. The number of anilines is 1. The second-order valence-electron chi connectivity index (χ2n) is 4.55. The molecule has 1 aromatic carbocycles. The summed E-state index contributed by atoms with van der Waals surface area (Å²) in [6.07, 6.45) is -0.00575. The predicted molar refractivity (Wildman–Crippen MR) is 80.8 cm³/mol. The molecule has 0 unspecified atom stereocenters. The fourth-order valence-corrected chi connectivity index (χ4v) is 2.37. The van der Waals surface area contributed by atoms with E-state index in [-0.39, 0.29) is 12.0 Å². The number of rotatable bonds is 6. The summed E-state index contributed by atoms with van der Waals surface area (Å²) in [7, 11) is 1.58. The zero-order valence-corrected chi connectivity index (χ0v) is 12.9. The summed E-state index contributed by atoms with van der Waals surface area (Å²) in [5.74, 6) is 0.276. The van der Waals surface area contributed by atoms with Crippen LogP contribution in [0.5, 0.6) is 5.75 Å². The van der Waals surface area contributed by atoms with Crippen LogP contribution in [0.2, 0.25) is 0 Å². The summed E-state index contributed by atoms with van der Waals surface area (Å²) >= 11 is 1.28. The molecule has 0 saturated carbocycles. The molecule has 1 aromatic heterocycles. The molecule has 1 N–H and O–H groups in total. The first-order chi connectivity index (χ1) is 10.1. The normalized spacial score (nSPS) is 10.7. The van der Waals surface area contributed by atoms with Crippen LogP contribution in [0.4, 0.5) is 5.13 Å². The zero-order chi connectivity index (χ0) is 15.2. The Labute approximate surface area is 127 Å². The van der Waals surface area contributed by atoms with Crippen LogP contribution in [0, 0.1) is 0 Å². The van der Waals surface area contributed by atoms with E-state index in [9.17, 15) is 4.79 Å². The van der Waals surface area contributed by atoms with Crippen molar-refractivity contribution in [2.75, 3.05) is 12.4 Å². The lowest BCUT2D eigenvalue weighted by Gasteiger charge is -2.13. The van der Waals surface area contributed by atoms with E-state index < -0.39 is 0 Å². The van der Waals surface area contributed by atoms with Gasteiger partial charge in [0.2, 0.25) is 5.13 Å². The number of para-hydroxylation sites is 1. The van der Waals surface area contributed by atoms with Gasteiger partial charge in [0.15, 0.2) is 0 Å². The van der Waals surface area contributed by atoms with Crippen molar-refractivity contribution in [1.29, 1.82) is 0 Å². The molecule has 0 bridgehead atoms. The third kappa shape index (κ3) is 4.24. The Morgan fingerprint density at radius 1 is 1.33 bits per heavy atom. The first kappa shape index (κ1) is 15.4. The van der Waals surface area contributed by atoms with Gasteiger partial charge in [0.1, 0.15) is 17.4 Å². The first-order valence-corrected chi connectivity index (χ1v) is 7.30. The Bertz CT molecular complexity index is 613. The predicted octanol–water partition coefficient (Wildman–Crippen LogP) is 2.72. The van der Waals surface area contributed by atoms with Gasteiger partial charge in [-0.1, -0.05) is 23.5 Å². The van der Waals surface area contributed by atoms with Crippen LogP contribution in [0.3, 0.4) is 0 Å². The number of methoxy groups -OCH3 is 1. The Balaban J connectivity index is 2.12.